The molecule has 138 valence electrons. The van der Waals surface area contributed by atoms with Crippen LogP contribution in [0, 0.1) is 17.8 Å². The van der Waals surface area contributed by atoms with E-state index in [0.29, 0.717) is 31.1 Å². The van der Waals surface area contributed by atoms with Crippen molar-refractivity contribution in [1.29, 1.82) is 0 Å². The predicted octanol–water partition coefficient (Wildman–Crippen LogP) is 4.64. The largest absolute Gasteiger partial charge is 0.410 e. The molecule has 2 rings (SSSR count). The lowest BCUT2D eigenvalue weighted by Gasteiger charge is -2.37. The Labute approximate surface area is 142 Å². The second-order valence-electron chi connectivity index (χ2n) is 6.81. The highest BCUT2D eigenvalue weighted by Crippen LogP contribution is 2.37. The fourth-order valence-electron chi connectivity index (χ4n) is 3.66. The maximum atomic E-state index is 11.9. The third kappa shape index (κ3) is 6.48. The van der Waals surface area contributed by atoms with Crippen molar-refractivity contribution in [3.05, 3.63) is 12.2 Å². The molecule has 0 spiro atoms. The summed E-state index contributed by atoms with van der Waals surface area (Å²) in [6, 6.07) is 0. The van der Waals surface area contributed by atoms with Crippen molar-refractivity contribution < 1.29 is 27.8 Å². The highest BCUT2D eigenvalue weighted by Gasteiger charge is 2.32. The van der Waals surface area contributed by atoms with Gasteiger partial charge in [0.15, 0.2) is 0 Å². The van der Waals surface area contributed by atoms with Crippen LogP contribution >= 0.6 is 0 Å². The van der Waals surface area contributed by atoms with E-state index in [1.807, 2.05) is 0 Å². The molecule has 4 nitrogen and oxygen atoms in total. The Balaban J connectivity index is 1.63. The fraction of sp³-hybridized carbons (Fsp3) is 0.833. The zero-order valence-electron chi connectivity index (χ0n) is 14.3. The Morgan fingerprint density at radius 1 is 1.12 bits per heavy atom. The number of esters is 1. The highest BCUT2D eigenvalue weighted by atomic mass is 19.3. The number of ether oxygens (including phenoxy) is 3. The maximum absolute atomic E-state index is 11.9. The van der Waals surface area contributed by atoms with Gasteiger partial charge >= 0.3 is 12.4 Å². The van der Waals surface area contributed by atoms with Crippen LogP contribution in [0.5, 0.6) is 0 Å². The molecule has 6 heteroatoms. The molecule has 0 aromatic rings. The Morgan fingerprint density at radius 2 is 1.79 bits per heavy atom. The molecule has 1 aliphatic carbocycles. The van der Waals surface area contributed by atoms with E-state index in [1.54, 1.807) is 0 Å². The third-order valence-electron chi connectivity index (χ3n) is 5.02. The number of halogens is 2. The topological polar surface area (TPSA) is 44.8 Å². The van der Waals surface area contributed by atoms with Gasteiger partial charge in [0.25, 0.3) is 6.08 Å². The predicted molar refractivity (Wildman–Crippen MR) is 85.2 cm³/mol. The summed E-state index contributed by atoms with van der Waals surface area (Å²) in [5.74, 6) is 1.25. The minimum Gasteiger partial charge on any atom is -0.410 e. The summed E-state index contributed by atoms with van der Waals surface area (Å²) in [6.07, 6.45) is 6.34. The third-order valence-corrected chi connectivity index (χ3v) is 5.02. The average molecular weight is 346 g/mol. The molecule has 24 heavy (non-hydrogen) atoms. The Morgan fingerprint density at radius 3 is 2.38 bits per heavy atom. The molecule has 0 aromatic heterocycles. The molecule has 0 radical (unpaired) electrons. The summed E-state index contributed by atoms with van der Waals surface area (Å²) in [5.41, 5.74) is 0. The van der Waals surface area contributed by atoms with Gasteiger partial charge in [0.1, 0.15) is 0 Å². The lowest BCUT2D eigenvalue weighted by atomic mass is 9.75. The van der Waals surface area contributed by atoms with Crippen molar-refractivity contribution in [2.45, 2.75) is 64.8 Å². The van der Waals surface area contributed by atoms with Crippen LogP contribution in [0.2, 0.25) is 0 Å². The van der Waals surface area contributed by atoms with Gasteiger partial charge in [-0.3, -0.25) is 4.79 Å². The van der Waals surface area contributed by atoms with E-state index in [9.17, 15) is 13.6 Å². The molecule has 0 N–H and O–H groups in total. The lowest BCUT2D eigenvalue weighted by Crippen LogP contribution is -2.39. The molecule has 2 aliphatic rings. The summed E-state index contributed by atoms with van der Waals surface area (Å²) in [4.78, 5) is 11.5. The molecule has 1 saturated heterocycles. The molecular formula is C18H28F2O4. The number of hydrogen-bond donors (Lipinski definition) is 0. The van der Waals surface area contributed by atoms with E-state index in [4.69, 9.17) is 14.2 Å². The summed E-state index contributed by atoms with van der Waals surface area (Å²) in [5, 5.41) is 0. The smallest absolute Gasteiger partial charge is 0.318 e. The summed E-state index contributed by atoms with van der Waals surface area (Å²) >= 11 is 0. The second kappa shape index (κ2) is 10.1. The number of rotatable bonds is 7. The van der Waals surface area contributed by atoms with Crippen molar-refractivity contribution in [2.24, 2.45) is 17.8 Å². The van der Waals surface area contributed by atoms with Crippen LogP contribution in [0.25, 0.3) is 0 Å². The molecule has 0 bridgehead atoms. The van der Waals surface area contributed by atoms with Crippen molar-refractivity contribution in [2.75, 3.05) is 13.2 Å². The molecule has 0 atom stereocenters. The number of carbonyl (C=O) groups is 1. The van der Waals surface area contributed by atoms with Gasteiger partial charge < -0.3 is 14.2 Å². The zero-order valence-corrected chi connectivity index (χ0v) is 14.3. The van der Waals surface area contributed by atoms with Crippen LogP contribution < -0.4 is 0 Å². The van der Waals surface area contributed by atoms with Gasteiger partial charge in [0.2, 0.25) is 0 Å². The Bertz CT molecular complexity index is 407. The first-order valence-corrected chi connectivity index (χ1v) is 9.02. The van der Waals surface area contributed by atoms with Gasteiger partial charge in [-0.15, -0.1) is 0 Å². The van der Waals surface area contributed by atoms with Crippen molar-refractivity contribution >= 4 is 5.97 Å². The van der Waals surface area contributed by atoms with Gasteiger partial charge in [0.05, 0.1) is 13.2 Å². The molecule has 1 aliphatic heterocycles. The number of hydrogen-bond acceptors (Lipinski definition) is 4. The second-order valence-corrected chi connectivity index (χ2v) is 6.81. The molecule has 1 saturated carbocycles. The quantitative estimate of drug-likeness (QED) is 0.630. The van der Waals surface area contributed by atoms with Gasteiger partial charge in [-0.05, 0) is 37.2 Å². The van der Waals surface area contributed by atoms with Gasteiger partial charge in [-0.2, -0.15) is 8.78 Å². The van der Waals surface area contributed by atoms with E-state index in [-0.39, 0.29) is 12.8 Å². The van der Waals surface area contributed by atoms with Gasteiger partial charge in [-0.25, -0.2) is 0 Å². The summed E-state index contributed by atoms with van der Waals surface area (Å²) in [7, 11) is 0. The van der Waals surface area contributed by atoms with E-state index >= 15 is 0 Å². The first-order chi connectivity index (χ1) is 11.6. The molecule has 1 heterocycles. The van der Waals surface area contributed by atoms with Gasteiger partial charge in [-0.1, -0.05) is 32.6 Å². The van der Waals surface area contributed by atoms with Crippen LogP contribution in [0.15, 0.2) is 12.2 Å². The average Bonchev–Trinajstić information content (AvgIpc) is 2.56. The monoisotopic (exact) mass is 346 g/mol. The molecular weight excluding hydrogens is 318 g/mol. The lowest BCUT2D eigenvalue weighted by molar-refractivity contribution is -0.313. The zero-order chi connectivity index (χ0) is 17.4. The van der Waals surface area contributed by atoms with Crippen LogP contribution in [-0.2, 0) is 19.0 Å². The SMILES string of the molecule is CCCC1CCC(C2COC(OC(=O)CCC=C(F)F)OC2)CC1. The van der Waals surface area contributed by atoms with Gasteiger partial charge in [0, 0.05) is 12.3 Å². The normalized spacial score (nSPS) is 30.6. The van der Waals surface area contributed by atoms with E-state index < -0.39 is 18.5 Å². The summed E-state index contributed by atoms with van der Waals surface area (Å²) in [6.45, 7) is 2.30. The number of carbonyl (C=O) groups excluding carboxylic acids is 1. The van der Waals surface area contributed by atoms with Crippen molar-refractivity contribution in [3.8, 4) is 0 Å². The Hall–Kier alpha value is -1.01. The van der Waals surface area contributed by atoms with Crippen LogP contribution in [0.4, 0.5) is 8.78 Å². The first-order valence-electron chi connectivity index (χ1n) is 9.02. The van der Waals surface area contributed by atoms with Crippen molar-refractivity contribution in [1.82, 2.24) is 0 Å². The van der Waals surface area contributed by atoms with E-state index in [2.05, 4.69) is 6.92 Å². The molecule has 0 unspecified atom stereocenters. The van der Waals surface area contributed by atoms with Crippen LogP contribution in [-0.4, -0.2) is 25.7 Å². The minimum absolute atomic E-state index is 0.0441. The first kappa shape index (κ1) is 19.3. The highest BCUT2D eigenvalue weighted by molar-refractivity contribution is 5.69. The minimum atomic E-state index is -1.79. The molecule has 0 amide bonds. The maximum Gasteiger partial charge on any atom is 0.318 e. The van der Waals surface area contributed by atoms with Crippen LogP contribution in [0.3, 0.4) is 0 Å². The standard InChI is InChI=1S/C18H28F2O4/c1-2-4-13-7-9-14(10-8-13)15-11-22-18(23-12-15)24-17(21)6-3-5-16(19)20/h5,13-15,18H,2-4,6-12H2,1H3. The van der Waals surface area contributed by atoms with Crippen molar-refractivity contribution in [3.63, 3.8) is 0 Å². The van der Waals surface area contributed by atoms with Crippen LogP contribution in [0.1, 0.15) is 58.3 Å². The number of allylic oxidation sites excluding steroid dienone is 1. The van der Waals surface area contributed by atoms with E-state index in [0.717, 1.165) is 5.92 Å². The fourth-order valence-corrected chi connectivity index (χ4v) is 3.66. The Kier molecular flexibility index (Phi) is 8.12. The van der Waals surface area contributed by atoms with E-state index in [1.165, 1.54) is 38.5 Å². The summed E-state index contributed by atoms with van der Waals surface area (Å²) < 4.78 is 39.8. The molecule has 2 fully saturated rings. The molecule has 0 aromatic carbocycles.